The Morgan fingerprint density at radius 1 is 0.379 bits per heavy atom. The number of carbonyl (C=O) groups is 2. The van der Waals surface area contributed by atoms with Crippen LogP contribution in [0.2, 0.25) is 0 Å². The maximum atomic E-state index is 11.1. The van der Waals surface area contributed by atoms with Gasteiger partial charge in [0.15, 0.2) is 0 Å². The van der Waals surface area contributed by atoms with Crippen LogP contribution >= 0.6 is 0 Å². The molecule has 0 aliphatic rings. The molecule has 0 saturated carbocycles. The molecular formula is C79H154O24. The first kappa shape index (κ1) is 106. The number of aliphatic hydroxyl groups is 1. The minimum atomic E-state index is -0.392. The first-order chi connectivity index (χ1) is 49.8. The molecule has 0 amide bonds. The van der Waals surface area contributed by atoms with Crippen molar-refractivity contribution in [3.05, 3.63) is 42.5 Å². The fourth-order valence-electron chi connectivity index (χ4n) is 9.38. The van der Waals surface area contributed by atoms with Gasteiger partial charge in [-0.2, -0.15) is 0 Å². The molecule has 11 atom stereocenters. The second-order valence-electron chi connectivity index (χ2n) is 24.7. The zero-order valence-electron chi connectivity index (χ0n) is 68.3. The summed E-state index contributed by atoms with van der Waals surface area (Å²) in [6.07, 6.45) is 13.0. The number of benzene rings is 1. The molecule has 614 valence electrons. The fraction of sp³-hybridized carbons (Fsp3) is 0.873. The van der Waals surface area contributed by atoms with Crippen LogP contribution in [0.3, 0.4) is 0 Å². The third kappa shape index (κ3) is 78.5. The Hall–Kier alpha value is -2.90. The van der Waals surface area contributed by atoms with Crippen LogP contribution in [-0.2, 0) is 104 Å². The highest BCUT2D eigenvalue weighted by Gasteiger charge is 2.21. The fourth-order valence-corrected chi connectivity index (χ4v) is 9.38. The maximum Gasteiger partial charge on any atom is 0.333 e. The molecule has 0 aromatic heterocycles. The van der Waals surface area contributed by atoms with E-state index in [0.29, 0.717) is 157 Å². The van der Waals surface area contributed by atoms with Crippen molar-refractivity contribution in [2.24, 2.45) is 0 Å². The Labute approximate surface area is 626 Å². The molecule has 1 aromatic carbocycles. The van der Waals surface area contributed by atoms with Crippen LogP contribution in [0.15, 0.2) is 42.5 Å². The molecule has 1 aromatic rings. The summed E-state index contributed by atoms with van der Waals surface area (Å²) in [5.41, 5.74) is 0.387. The van der Waals surface area contributed by atoms with Gasteiger partial charge >= 0.3 is 5.97 Å². The smallest absolute Gasteiger partial charge is 0.333 e. The predicted octanol–water partition coefficient (Wildman–Crippen LogP) is 12.9. The van der Waals surface area contributed by atoms with Gasteiger partial charge in [-0.25, -0.2) is 4.79 Å². The lowest BCUT2D eigenvalue weighted by molar-refractivity contribution is -0.141. The lowest BCUT2D eigenvalue weighted by Gasteiger charge is -2.26. The van der Waals surface area contributed by atoms with E-state index in [1.54, 1.807) is 28.3 Å². The summed E-state index contributed by atoms with van der Waals surface area (Å²) in [7, 11) is 5.02. The minimum Gasteiger partial charge on any atom is -0.491 e. The summed E-state index contributed by atoms with van der Waals surface area (Å²) in [5, 5.41) is 8.66. The van der Waals surface area contributed by atoms with Crippen LogP contribution in [0.1, 0.15) is 188 Å². The number of aldehydes is 1. The molecule has 0 aliphatic carbocycles. The summed E-state index contributed by atoms with van der Waals surface area (Å²) >= 11 is 0. The van der Waals surface area contributed by atoms with E-state index in [0.717, 1.165) is 95.9 Å². The third-order valence-electron chi connectivity index (χ3n) is 15.1. The largest absolute Gasteiger partial charge is 0.491 e. The molecule has 0 fully saturated rings. The van der Waals surface area contributed by atoms with Crippen LogP contribution in [0.25, 0.3) is 0 Å². The number of para-hydroxylation sites is 1. The van der Waals surface area contributed by atoms with Crippen molar-refractivity contribution in [1.82, 2.24) is 0 Å². The summed E-state index contributed by atoms with van der Waals surface area (Å²) in [6.45, 7) is 50.5. The highest BCUT2D eigenvalue weighted by Crippen LogP contribution is 2.18. The Bertz CT molecular complexity index is 1840. The van der Waals surface area contributed by atoms with E-state index in [1.165, 1.54) is 0 Å². The number of methoxy groups -OCH3 is 3. The van der Waals surface area contributed by atoms with Crippen molar-refractivity contribution in [3.63, 3.8) is 0 Å². The van der Waals surface area contributed by atoms with E-state index >= 15 is 0 Å². The van der Waals surface area contributed by atoms with Crippen molar-refractivity contribution in [2.45, 2.75) is 261 Å². The van der Waals surface area contributed by atoms with E-state index in [4.69, 9.17) is 105 Å². The van der Waals surface area contributed by atoms with Crippen molar-refractivity contribution in [1.29, 1.82) is 0 Å². The lowest BCUT2D eigenvalue weighted by atomic mass is 10.0. The second-order valence-corrected chi connectivity index (χ2v) is 24.7. The number of esters is 1. The zero-order valence-corrected chi connectivity index (χ0v) is 68.3. The molecule has 0 saturated heterocycles. The molecule has 0 heterocycles. The van der Waals surface area contributed by atoms with E-state index in [-0.39, 0.29) is 86.5 Å². The number of hydrogen-bond acceptors (Lipinski definition) is 24. The van der Waals surface area contributed by atoms with E-state index in [2.05, 4.69) is 55.0 Å². The van der Waals surface area contributed by atoms with Crippen LogP contribution < -0.4 is 4.74 Å². The normalized spacial score (nSPS) is 14.5. The van der Waals surface area contributed by atoms with Crippen LogP contribution in [0.4, 0.5) is 0 Å². The monoisotopic (exact) mass is 1490 g/mol. The minimum absolute atomic E-state index is 0.0266. The molecule has 1 N–H and O–H groups in total. The average molecular weight is 1490 g/mol. The number of ether oxygens (including phenoxy) is 21. The molecule has 11 unspecified atom stereocenters. The van der Waals surface area contributed by atoms with Crippen LogP contribution in [0, 0.1) is 0 Å². The molecule has 0 spiro atoms. The van der Waals surface area contributed by atoms with Gasteiger partial charge in [-0.3, -0.25) is 0 Å². The summed E-state index contributed by atoms with van der Waals surface area (Å²) < 4.78 is 115. The van der Waals surface area contributed by atoms with Gasteiger partial charge in [-0.15, -0.1) is 0 Å². The Morgan fingerprint density at radius 3 is 1.06 bits per heavy atom. The number of rotatable bonds is 69. The molecule has 0 bridgehead atoms. The second kappa shape index (κ2) is 83.1. The Kier molecular flexibility index (Phi) is 85.9. The van der Waals surface area contributed by atoms with Gasteiger partial charge in [0.05, 0.1) is 212 Å². The van der Waals surface area contributed by atoms with Crippen molar-refractivity contribution in [3.8, 4) is 5.75 Å². The molecular weight excluding hydrogens is 1330 g/mol. The molecule has 1 rings (SSSR count). The first-order valence-corrected chi connectivity index (χ1v) is 38.5. The zero-order chi connectivity index (χ0) is 77.6. The van der Waals surface area contributed by atoms with Gasteiger partial charge in [0.25, 0.3) is 0 Å². The molecule has 24 heteroatoms. The molecule has 0 radical (unpaired) electrons. The lowest BCUT2D eigenvalue weighted by Crippen LogP contribution is -2.29. The molecule has 0 aliphatic heterocycles. The standard InChI is InChI=1S/C23H48O7.C17H28O4.C14H26O5.C13H28O4.C12H24O4/c1-7-22(29-15-13-26-11-10-24-8-2)19-23(30-14-12-25-9-3)18-21(6)28-17-16-27-20(4)5;1-4-16(14-15(2)19-11-10-18-3)20-12-13-21-17-8-6-5-7-9-17;1-5-13(10-12(4)17-7-6-15)18-8-9-19-14(16)11(2)3;1-5-13(17-10-8-15-6-2)11-12(3)16-9-7-14-4;1-4-12(16-7-5-6-13)10-11(2)15-9-8-14-3/h20-23H,7-19H2,1-6H3;5-9,15-16H,4,10-14H2,1-3H3;12-13,15H,2,5-10H2,1,3-4H3;12-13H,5-11H2,1-4H3;6,11-12H,4-5,7-10H2,1-3H3. The van der Waals surface area contributed by atoms with Crippen molar-refractivity contribution in [2.75, 3.05) is 193 Å². The van der Waals surface area contributed by atoms with Gasteiger partial charge in [0, 0.05) is 53.1 Å². The Morgan fingerprint density at radius 2 is 0.689 bits per heavy atom. The number of carbonyl (C=O) groups excluding carboxylic acids is 2. The summed E-state index contributed by atoms with van der Waals surface area (Å²) in [5.74, 6) is 0.488. The highest BCUT2D eigenvalue weighted by atomic mass is 16.6. The van der Waals surface area contributed by atoms with Gasteiger partial charge in [-0.05, 0) is 159 Å². The van der Waals surface area contributed by atoms with Crippen LogP contribution in [-0.4, -0.2) is 284 Å². The van der Waals surface area contributed by atoms with Crippen LogP contribution in [0.5, 0.6) is 5.75 Å². The van der Waals surface area contributed by atoms with Crippen molar-refractivity contribution < 1.29 is 114 Å². The summed E-state index contributed by atoms with van der Waals surface area (Å²) in [4.78, 5) is 21.3. The van der Waals surface area contributed by atoms with Gasteiger partial charge in [0.1, 0.15) is 25.2 Å². The first-order valence-electron chi connectivity index (χ1n) is 38.5. The Balaban J connectivity index is -0.000000607. The third-order valence-corrected chi connectivity index (χ3v) is 15.1. The topological polar surface area (TPSA) is 248 Å². The molecule has 103 heavy (non-hydrogen) atoms. The number of hydrogen-bond donors (Lipinski definition) is 1. The van der Waals surface area contributed by atoms with Gasteiger partial charge in [-0.1, -0.05) is 59.4 Å². The van der Waals surface area contributed by atoms with Crippen molar-refractivity contribution >= 4 is 12.3 Å². The SMILES string of the molecule is C=C(C)C(=O)OCCOC(CC)CC(C)OCCO.CCC(CC(C)OCCOC)OCCC=O.CCC(CC(C)OCCOC)OCCOc1ccccc1.CCOCCOC(CC)CC(C)OCCOC.CCOCCOCCOC(CC)CC(CC(C)OCCOC(C)C)OCCOCC. The van der Waals surface area contributed by atoms with Gasteiger partial charge < -0.3 is 109 Å². The van der Waals surface area contributed by atoms with E-state index < -0.39 is 5.97 Å². The summed E-state index contributed by atoms with van der Waals surface area (Å²) in [6, 6.07) is 9.79. The maximum absolute atomic E-state index is 11.1. The van der Waals surface area contributed by atoms with E-state index in [1.807, 2.05) is 85.7 Å². The predicted molar refractivity (Wildman–Crippen MR) is 407 cm³/mol. The highest BCUT2D eigenvalue weighted by molar-refractivity contribution is 5.86. The quantitative estimate of drug-likeness (QED) is 0.0275. The molecule has 24 nitrogen and oxygen atoms in total. The van der Waals surface area contributed by atoms with E-state index in [9.17, 15) is 9.59 Å². The average Bonchev–Trinajstić information content (AvgIpc) is 1.14. The van der Waals surface area contributed by atoms with Gasteiger partial charge in [0.2, 0.25) is 0 Å². The number of aliphatic hydroxyl groups excluding tert-OH is 1.